The maximum Gasteiger partial charge on any atom is 0.264 e. The van der Waals surface area contributed by atoms with Crippen molar-refractivity contribution in [3.05, 3.63) is 58.5 Å². The number of methoxy groups -OCH3 is 1. The van der Waals surface area contributed by atoms with Crippen molar-refractivity contribution in [3.8, 4) is 17.6 Å². The molecule has 0 aromatic heterocycles. The number of nitriles is 1. The highest BCUT2D eigenvalue weighted by molar-refractivity contribution is 8.18. The van der Waals surface area contributed by atoms with Crippen molar-refractivity contribution in [3.63, 3.8) is 0 Å². The molecule has 1 fully saturated rings. The zero-order chi connectivity index (χ0) is 19.2. The van der Waals surface area contributed by atoms with Gasteiger partial charge in [0.1, 0.15) is 6.07 Å². The first-order valence-corrected chi connectivity index (χ1v) is 8.95. The lowest BCUT2D eigenvalue weighted by Crippen LogP contribution is -2.19. The second-order valence-corrected chi connectivity index (χ2v) is 6.71. The van der Waals surface area contributed by atoms with Crippen LogP contribution in [0.15, 0.2) is 52.4 Å². The number of hydrogen-bond acceptors (Lipinski definition) is 6. The van der Waals surface area contributed by atoms with Crippen molar-refractivity contribution < 1.29 is 14.3 Å². The number of amides is 1. The molecule has 3 rings (SSSR count). The minimum atomic E-state index is -0.199. The third kappa shape index (κ3) is 4.68. The molecule has 0 atom stereocenters. The van der Waals surface area contributed by atoms with Crippen molar-refractivity contribution in [2.24, 2.45) is 4.99 Å². The molecular weight excluding hydrogens is 362 g/mol. The molecule has 1 amide bonds. The number of carbonyl (C=O) groups is 1. The van der Waals surface area contributed by atoms with Crippen LogP contribution in [-0.4, -0.2) is 24.8 Å². The molecule has 0 bridgehead atoms. The average Bonchev–Trinajstić information content (AvgIpc) is 3.01. The number of hydrogen-bond donors (Lipinski definition) is 1. The summed E-state index contributed by atoms with van der Waals surface area (Å²) in [5, 5.41) is 11.9. The predicted molar refractivity (Wildman–Crippen MR) is 106 cm³/mol. The lowest BCUT2D eigenvalue weighted by Gasteiger charge is -2.08. The monoisotopic (exact) mass is 379 g/mol. The van der Waals surface area contributed by atoms with Crippen LogP contribution in [0.1, 0.15) is 11.1 Å². The van der Waals surface area contributed by atoms with Crippen LogP contribution in [0, 0.1) is 18.3 Å². The Labute approximate surface area is 161 Å². The van der Waals surface area contributed by atoms with E-state index in [1.807, 2.05) is 37.3 Å². The Kier molecular flexibility index (Phi) is 5.79. The van der Waals surface area contributed by atoms with Gasteiger partial charge in [-0.05, 0) is 54.6 Å². The number of amidine groups is 1. The molecule has 7 heteroatoms. The van der Waals surface area contributed by atoms with E-state index >= 15 is 0 Å². The Morgan fingerprint density at radius 3 is 2.70 bits per heavy atom. The molecule has 0 spiro atoms. The second-order valence-electron chi connectivity index (χ2n) is 5.67. The van der Waals surface area contributed by atoms with E-state index in [1.165, 1.54) is 18.9 Å². The Balaban J connectivity index is 1.80. The lowest BCUT2D eigenvalue weighted by atomic mass is 10.2. The number of nitrogens with one attached hydrogen (secondary N) is 1. The van der Waals surface area contributed by atoms with Gasteiger partial charge in [0.05, 0.1) is 17.7 Å². The van der Waals surface area contributed by atoms with Gasteiger partial charge < -0.3 is 14.8 Å². The summed E-state index contributed by atoms with van der Waals surface area (Å²) in [6.45, 7) is 1.95. The number of carbonyl (C=O) groups excluding carboxylic acids is 1. The van der Waals surface area contributed by atoms with Crippen molar-refractivity contribution in [2.75, 3.05) is 13.7 Å². The first-order chi connectivity index (χ1) is 13.1. The van der Waals surface area contributed by atoms with Crippen LogP contribution in [0.3, 0.4) is 0 Å². The van der Waals surface area contributed by atoms with Crippen LogP contribution in [0.2, 0.25) is 0 Å². The van der Waals surface area contributed by atoms with Gasteiger partial charge in [0.15, 0.2) is 23.3 Å². The van der Waals surface area contributed by atoms with Gasteiger partial charge in [0, 0.05) is 0 Å². The van der Waals surface area contributed by atoms with Gasteiger partial charge in [-0.15, -0.1) is 0 Å². The number of rotatable bonds is 5. The van der Waals surface area contributed by atoms with E-state index in [2.05, 4.69) is 10.3 Å². The third-order valence-corrected chi connectivity index (χ3v) is 4.60. The van der Waals surface area contributed by atoms with Crippen LogP contribution in [0.5, 0.6) is 11.5 Å². The zero-order valence-corrected chi connectivity index (χ0v) is 15.7. The normalized spacial score (nSPS) is 16.3. The number of aliphatic imine (C=N–C) groups is 1. The minimum Gasteiger partial charge on any atom is -0.493 e. The summed E-state index contributed by atoms with van der Waals surface area (Å²) in [5.41, 5.74) is 2.72. The van der Waals surface area contributed by atoms with Crippen molar-refractivity contribution in [1.29, 1.82) is 5.26 Å². The lowest BCUT2D eigenvalue weighted by molar-refractivity contribution is -0.115. The van der Waals surface area contributed by atoms with Crippen molar-refractivity contribution in [1.82, 2.24) is 5.32 Å². The molecule has 1 saturated heterocycles. The first kappa shape index (κ1) is 18.5. The van der Waals surface area contributed by atoms with E-state index in [-0.39, 0.29) is 12.5 Å². The van der Waals surface area contributed by atoms with Gasteiger partial charge in [0.2, 0.25) is 0 Å². The van der Waals surface area contributed by atoms with Gasteiger partial charge >= 0.3 is 0 Å². The predicted octanol–water partition coefficient (Wildman–Crippen LogP) is 3.80. The summed E-state index contributed by atoms with van der Waals surface area (Å²) in [5.74, 6) is 0.775. The van der Waals surface area contributed by atoms with Crippen LogP contribution in [0.25, 0.3) is 6.08 Å². The van der Waals surface area contributed by atoms with Crippen molar-refractivity contribution in [2.45, 2.75) is 6.92 Å². The molecular formula is C20H17N3O3S. The van der Waals surface area contributed by atoms with E-state index in [9.17, 15) is 4.79 Å². The molecule has 0 saturated carbocycles. The van der Waals surface area contributed by atoms with Gasteiger partial charge in [0.25, 0.3) is 5.91 Å². The molecule has 6 nitrogen and oxygen atoms in total. The van der Waals surface area contributed by atoms with Crippen LogP contribution in [0.4, 0.5) is 5.69 Å². The fraction of sp³-hybridized carbons (Fsp3) is 0.150. The Morgan fingerprint density at radius 2 is 2.00 bits per heavy atom. The number of aryl methyl sites for hydroxylation is 1. The number of benzene rings is 2. The Morgan fingerprint density at radius 1 is 1.22 bits per heavy atom. The topological polar surface area (TPSA) is 83.7 Å². The SMILES string of the molecule is COc1cc(/C=C2\SC(=Nc3ccc(C)cc3)NC2=O)ccc1OCC#N. The molecule has 0 radical (unpaired) electrons. The van der Waals surface area contributed by atoms with E-state index in [1.54, 1.807) is 24.3 Å². The molecule has 136 valence electrons. The zero-order valence-electron chi connectivity index (χ0n) is 14.9. The highest BCUT2D eigenvalue weighted by Gasteiger charge is 2.24. The molecule has 1 aliphatic heterocycles. The molecule has 0 aliphatic carbocycles. The van der Waals surface area contributed by atoms with Crippen LogP contribution in [-0.2, 0) is 4.79 Å². The molecule has 2 aromatic carbocycles. The molecule has 2 aromatic rings. The molecule has 0 unspecified atom stereocenters. The molecule has 27 heavy (non-hydrogen) atoms. The van der Waals surface area contributed by atoms with E-state index < -0.39 is 0 Å². The van der Waals surface area contributed by atoms with Gasteiger partial charge in [-0.3, -0.25) is 4.79 Å². The van der Waals surface area contributed by atoms with Gasteiger partial charge in [-0.1, -0.05) is 23.8 Å². The second kappa shape index (κ2) is 8.43. The van der Waals surface area contributed by atoms with Crippen LogP contribution >= 0.6 is 11.8 Å². The van der Waals surface area contributed by atoms with Gasteiger partial charge in [-0.2, -0.15) is 5.26 Å². The number of nitrogens with zero attached hydrogens (tertiary/aromatic N) is 2. The summed E-state index contributed by atoms with van der Waals surface area (Å²) < 4.78 is 10.6. The summed E-state index contributed by atoms with van der Waals surface area (Å²) in [4.78, 5) is 17.2. The smallest absolute Gasteiger partial charge is 0.264 e. The fourth-order valence-corrected chi connectivity index (χ4v) is 3.21. The fourth-order valence-electron chi connectivity index (χ4n) is 2.37. The minimum absolute atomic E-state index is 0.0616. The highest BCUT2D eigenvalue weighted by atomic mass is 32.2. The van der Waals surface area contributed by atoms with E-state index in [0.29, 0.717) is 21.6 Å². The first-order valence-electron chi connectivity index (χ1n) is 8.13. The molecule has 1 aliphatic rings. The molecule has 1 N–H and O–H groups in total. The third-order valence-electron chi connectivity index (χ3n) is 3.69. The van der Waals surface area contributed by atoms with Crippen LogP contribution < -0.4 is 14.8 Å². The summed E-state index contributed by atoms with van der Waals surface area (Å²) in [6.07, 6.45) is 1.76. The largest absolute Gasteiger partial charge is 0.493 e. The summed E-state index contributed by atoms with van der Waals surface area (Å²) >= 11 is 1.28. The summed E-state index contributed by atoms with van der Waals surface area (Å²) in [6, 6.07) is 14.9. The van der Waals surface area contributed by atoms with Gasteiger partial charge in [-0.25, -0.2) is 4.99 Å². The quantitative estimate of drug-likeness (QED) is 0.799. The maximum absolute atomic E-state index is 12.2. The van der Waals surface area contributed by atoms with Crippen molar-refractivity contribution >= 4 is 34.6 Å². The Bertz CT molecular complexity index is 959. The van der Waals surface area contributed by atoms with E-state index in [0.717, 1.165) is 16.8 Å². The Hall–Kier alpha value is -3.24. The van der Waals surface area contributed by atoms with E-state index in [4.69, 9.17) is 14.7 Å². The molecule has 1 heterocycles. The highest BCUT2D eigenvalue weighted by Crippen LogP contribution is 2.32. The number of ether oxygens (including phenoxy) is 2. The maximum atomic E-state index is 12.2. The standard InChI is InChI=1S/C20H17N3O3S/c1-13-3-6-15(7-4-13)22-20-23-19(24)18(27-20)12-14-5-8-16(26-10-9-21)17(11-14)25-2/h3-8,11-12H,10H2,1-2H3,(H,22,23,24)/b18-12-. The summed E-state index contributed by atoms with van der Waals surface area (Å²) in [7, 11) is 1.52. The average molecular weight is 379 g/mol. The number of thioether (sulfide) groups is 1.